The van der Waals surface area contributed by atoms with E-state index in [0.717, 1.165) is 19.5 Å². The van der Waals surface area contributed by atoms with Crippen molar-refractivity contribution in [1.29, 1.82) is 0 Å². The summed E-state index contributed by atoms with van der Waals surface area (Å²) >= 11 is 0. The largest absolute Gasteiger partial charge is 0.265 e. The fraction of sp³-hybridized carbons (Fsp3) is 0.429. The van der Waals surface area contributed by atoms with Crippen LogP contribution in [0.25, 0.3) is 0 Å². The Kier molecular flexibility index (Phi) is 4.30. The van der Waals surface area contributed by atoms with Crippen molar-refractivity contribution in [1.82, 2.24) is 9.78 Å². The highest BCUT2D eigenvalue weighted by molar-refractivity contribution is 5.14. The van der Waals surface area contributed by atoms with Gasteiger partial charge in [0.05, 0.1) is 6.54 Å². The first-order chi connectivity index (χ1) is 8.38. The third-order valence-corrected chi connectivity index (χ3v) is 2.87. The molecule has 0 radical (unpaired) electrons. The Labute approximate surface area is 103 Å². The van der Waals surface area contributed by atoms with Gasteiger partial charge in [0.2, 0.25) is 6.33 Å². The van der Waals surface area contributed by atoms with Crippen LogP contribution < -0.4 is 4.57 Å². The van der Waals surface area contributed by atoms with Crippen LogP contribution in [0.15, 0.2) is 43.0 Å². The van der Waals surface area contributed by atoms with Crippen LogP contribution in [0, 0.1) is 0 Å². The average Bonchev–Trinajstić information content (AvgIpc) is 2.83. The number of aryl methyl sites for hydroxylation is 3. The number of nitrogens with zero attached hydrogens (tertiary/aromatic N) is 3. The molecule has 0 N–H and O–H groups in total. The second kappa shape index (κ2) is 6.18. The first kappa shape index (κ1) is 11.8. The van der Waals surface area contributed by atoms with E-state index in [1.165, 1.54) is 18.4 Å². The topological polar surface area (TPSA) is 21.7 Å². The van der Waals surface area contributed by atoms with Crippen LogP contribution in [0.4, 0.5) is 0 Å². The van der Waals surface area contributed by atoms with Crippen molar-refractivity contribution >= 4 is 0 Å². The van der Waals surface area contributed by atoms with Crippen LogP contribution in [0.5, 0.6) is 0 Å². The van der Waals surface area contributed by atoms with Crippen molar-refractivity contribution in [2.45, 2.75) is 39.3 Å². The Morgan fingerprint density at radius 1 is 1.24 bits per heavy atom. The maximum Gasteiger partial charge on any atom is 0.265 e. The highest BCUT2D eigenvalue weighted by Gasteiger charge is 2.04. The zero-order valence-electron chi connectivity index (χ0n) is 10.4. The standard InChI is InChI=1S/C14H20N3/c1-2-3-10-17-13-16(12-15-17)11-9-14-7-5-4-6-8-14/h4-8,12-13H,2-3,9-11H2,1H3/q+1. The number of rotatable bonds is 6. The molecule has 0 bridgehead atoms. The van der Waals surface area contributed by atoms with Gasteiger partial charge in [-0.05, 0) is 12.0 Å². The molecular weight excluding hydrogens is 210 g/mol. The molecule has 3 nitrogen and oxygen atoms in total. The lowest BCUT2D eigenvalue weighted by Crippen LogP contribution is -2.32. The first-order valence-electron chi connectivity index (χ1n) is 6.34. The molecular formula is C14H20N3+. The molecule has 0 aliphatic rings. The summed E-state index contributed by atoms with van der Waals surface area (Å²) < 4.78 is 4.18. The van der Waals surface area contributed by atoms with Crippen molar-refractivity contribution < 1.29 is 4.57 Å². The number of aromatic nitrogens is 3. The Morgan fingerprint density at radius 2 is 2.06 bits per heavy atom. The lowest BCUT2D eigenvalue weighted by molar-refractivity contribution is -0.697. The third-order valence-electron chi connectivity index (χ3n) is 2.87. The van der Waals surface area contributed by atoms with Crippen molar-refractivity contribution in [2.24, 2.45) is 0 Å². The number of benzene rings is 1. The maximum atomic E-state index is 4.35. The van der Waals surface area contributed by atoms with E-state index >= 15 is 0 Å². The molecule has 17 heavy (non-hydrogen) atoms. The summed E-state index contributed by atoms with van der Waals surface area (Å²) in [7, 11) is 0. The Balaban J connectivity index is 1.85. The quantitative estimate of drug-likeness (QED) is 0.697. The van der Waals surface area contributed by atoms with Gasteiger partial charge in [-0.25, -0.2) is 4.57 Å². The molecule has 0 spiro atoms. The normalized spacial score (nSPS) is 10.6. The van der Waals surface area contributed by atoms with Gasteiger partial charge in [0.15, 0.2) is 0 Å². The molecule has 0 saturated heterocycles. The number of hydrogen-bond acceptors (Lipinski definition) is 1. The SMILES string of the molecule is CCCCn1c[n+](CCc2ccccc2)cn1. The van der Waals surface area contributed by atoms with Gasteiger partial charge >= 0.3 is 0 Å². The minimum atomic E-state index is 0.996. The van der Waals surface area contributed by atoms with E-state index in [-0.39, 0.29) is 0 Å². The van der Waals surface area contributed by atoms with Crippen LogP contribution in [0.1, 0.15) is 25.3 Å². The summed E-state index contributed by atoms with van der Waals surface area (Å²) in [6, 6.07) is 10.6. The molecule has 0 unspecified atom stereocenters. The highest BCUT2D eigenvalue weighted by atomic mass is 15.3. The Hall–Kier alpha value is -1.64. The molecule has 1 aromatic heterocycles. The lowest BCUT2D eigenvalue weighted by atomic mass is 10.1. The van der Waals surface area contributed by atoms with Gasteiger partial charge in [-0.3, -0.25) is 0 Å². The molecule has 0 fully saturated rings. The van der Waals surface area contributed by atoms with E-state index in [0.29, 0.717) is 0 Å². The second-order valence-corrected chi connectivity index (χ2v) is 4.34. The summed E-state index contributed by atoms with van der Waals surface area (Å²) in [5.74, 6) is 0. The third kappa shape index (κ3) is 3.70. The van der Waals surface area contributed by atoms with Crippen molar-refractivity contribution in [3.8, 4) is 0 Å². The van der Waals surface area contributed by atoms with Gasteiger partial charge < -0.3 is 0 Å². The van der Waals surface area contributed by atoms with E-state index in [9.17, 15) is 0 Å². The summed E-state index contributed by atoms with van der Waals surface area (Å²) in [6.07, 6.45) is 7.48. The summed E-state index contributed by atoms with van der Waals surface area (Å²) in [5.41, 5.74) is 1.38. The number of unbranched alkanes of at least 4 members (excludes halogenated alkanes) is 1. The maximum absolute atomic E-state index is 4.35. The summed E-state index contributed by atoms with van der Waals surface area (Å²) in [4.78, 5) is 0. The van der Waals surface area contributed by atoms with Crippen LogP contribution in [0.2, 0.25) is 0 Å². The van der Waals surface area contributed by atoms with E-state index in [2.05, 4.69) is 53.2 Å². The lowest BCUT2D eigenvalue weighted by Gasteiger charge is -1.97. The zero-order chi connectivity index (χ0) is 11.9. The van der Waals surface area contributed by atoms with Crippen molar-refractivity contribution in [2.75, 3.05) is 0 Å². The molecule has 0 atom stereocenters. The second-order valence-electron chi connectivity index (χ2n) is 4.34. The minimum Gasteiger partial charge on any atom is -0.237 e. The molecule has 1 aromatic carbocycles. The fourth-order valence-electron chi connectivity index (χ4n) is 1.82. The molecule has 2 rings (SSSR count). The van der Waals surface area contributed by atoms with Gasteiger partial charge in [0.25, 0.3) is 6.33 Å². The van der Waals surface area contributed by atoms with E-state index in [1.54, 1.807) is 0 Å². The first-order valence-corrected chi connectivity index (χ1v) is 6.34. The number of hydrogen-bond donors (Lipinski definition) is 0. The predicted molar refractivity (Wildman–Crippen MR) is 67.5 cm³/mol. The summed E-state index contributed by atoms with van der Waals surface area (Å²) in [6.45, 7) is 4.22. The van der Waals surface area contributed by atoms with Crippen LogP contribution in [-0.4, -0.2) is 9.78 Å². The predicted octanol–water partition coefficient (Wildman–Crippen LogP) is 2.21. The van der Waals surface area contributed by atoms with E-state index in [1.807, 2.05) is 11.0 Å². The van der Waals surface area contributed by atoms with Gasteiger partial charge in [-0.2, -0.15) is 0 Å². The minimum absolute atomic E-state index is 0.996. The van der Waals surface area contributed by atoms with Crippen LogP contribution in [0.3, 0.4) is 0 Å². The molecule has 0 aliphatic carbocycles. The van der Waals surface area contributed by atoms with E-state index < -0.39 is 0 Å². The molecule has 2 aromatic rings. The molecule has 90 valence electrons. The summed E-state index contributed by atoms with van der Waals surface area (Å²) in [5, 5.41) is 4.35. The van der Waals surface area contributed by atoms with Crippen LogP contribution in [-0.2, 0) is 19.5 Å². The fourth-order valence-corrected chi connectivity index (χ4v) is 1.82. The smallest absolute Gasteiger partial charge is 0.237 e. The van der Waals surface area contributed by atoms with Gasteiger partial charge in [-0.1, -0.05) is 43.7 Å². The van der Waals surface area contributed by atoms with Crippen molar-refractivity contribution in [3.05, 3.63) is 48.5 Å². The van der Waals surface area contributed by atoms with Gasteiger partial charge in [0, 0.05) is 11.5 Å². The average molecular weight is 230 g/mol. The zero-order valence-corrected chi connectivity index (χ0v) is 10.4. The van der Waals surface area contributed by atoms with Gasteiger partial charge in [0.1, 0.15) is 6.54 Å². The van der Waals surface area contributed by atoms with Crippen LogP contribution >= 0.6 is 0 Å². The molecule has 0 amide bonds. The van der Waals surface area contributed by atoms with Gasteiger partial charge in [-0.15, -0.1) is 4.68 Å². The molecule has 1 heterocycles. The van der Waals surface area contributed by atoms with Crippen molar-refractivity contribution in [3.63, 3.8) is 0 Å². The Morgan fingerprint density at radius 3 is 2.82 bits per heavy atom. The monoisotopic (exact) mass is 230 g/mol. The molecule has 3 heteroatoms. The molecule has 0 aliphatic heterocycles. The Bertz CT molecular complexity index is 434. The highest BCUT2D eigenvalue weighted by Crippen LogP contribution is 1.99. The molecule has 0 saturated carbocycles. The van der Waals surface area contributed by atoms with E-state index in [4.69, 9.17) is 0 Å².